The zero-order chi connectivity index (χ0) is 15.7. The molecule has 5 nitrogen and oxygen atoms in total. The highest BCUT2D eigenvalue weighted by Gasteiger charge is 2.09. The summed E-state index contributed by atoms with van der Waals surface area (Å²) >= 11 is 6.05. The van der Waals surface area contributed by atoms with E-state index in [2.05, 4.69) is 11.9 Å². The highest BCUT2D eigenvalue weighted by atomic mass is 35.5. The van der Waals surface area contributed by atoms with Crippen LogP contribution in [-0.4, -0.2) is 31.6 Å². The number of amides is 1. The first-order chi connectivity index (χ1) is 10.1. The Balaban J connectivity index is 2.51. The van der Waals surface area contributed by atoms with Crippen molar-refractivity contribution in [3.63, 3.8) is 0 Å². The van der Waals surface area contributed by atoms with Gasteiger partial charge in [0, 0.05) is 0 Å². The molecule has 1 rings (SSSR count). The maximum Gasteiger partial charge on any atom is 0.325 e. The summed E-state index contributed by atoms with van der Waals surface area (Å²) in [5.41, 5.74) is 0.729. The molecule has 0 fully saturated rings. The maximum absolute atomic E-state index is 11.7. The highest BCUT2D eigenvalue weighted by molar-refractivity contribution is 6.32. The fourth-order valence-corrected chi connectivity index (χ4v) is 1.81. The molecule has 0 unspecified atom stereocenters. The molecule has 0 atom stereocenters. The summed E-state index contributed by atoms with van der Waals surface area (Å²) in [6.45, 7) is 5.77. The number of carbonyl (C=O) groups excluding carboxylic acids is 2. The molecule has 0 radical (unpaired) electrons. The summed E-state index contributed by atoms with van der Waals surface area (Å²) in [5, 5.41) is 2.91. The van der Waals surface area contributed by atoms with Crippen LogP contribution >= 0.6 is 11.6 Å². The SMILES string of the molecule is C=CCOc1ccc(CC(=O)NCC(=O)OCC)cc1Cl. The summed E-state index contributed by atoms with van der Waals surface area (Å²) in [4.78, 5) is 22.8. The third kappa shape index (κ3) is 6.31. The van der Waals surface area contributed by atoms with Crippen LogP contribution in [0.3, 0.4) is 0 Å². The Hall–Kier alpha value is -2.01. The molecule has 6 heteroatoms. The molecule has 0 heterocycles. The molecule has 0 saturated heterocycles. The normalized spacial score (nSPS) is 9.81. The van der Waals surface area contributed by atoms with Crippen molar-refractivity contribution in [2.24, 2.45) is 0 Å². The third-order valence-electron chi connectivity index (χ3n) is 2.45. The number of hydrogen-bond acceptors (Lipinski definition) is 4. The van der Waals surface area contributed by atoms with Crippen molar-refractivity contribution in [2.45, 2.75) is 13.3 Å². The second kappa shape index (κ2) is 9.02. The van der Waals surface area contributed by atoms with Crippen LogP contribution < -0.4 is 10.1 Å². The fraction of sp³-hybridized carbons (Fsp3) is 0.333. The lowest BCUT2D eigenvalue weighted by Crippen LogP contribution is -2.31. The Kier molecular flexibility index (Phi) is 7.32. The standard InChI is InChI=1S/C15H18ClNO4/c1-3-7-21-13-6-5-11(8-12(13)16)9-14(18)17-10-15(19)20-4-2/h3,5-6,8H,1,4,7,9-10H2,2H3,(H,17,18). The fourth-order valence-electron chi connectivity index (χ4n) is 1.55. The van der Waals surface area contributed by atoms with E-state index in [1.165, 1.54) is 0 Å². The van der Waals surface area contributed by atoms with Crippen molar-refractivity contribution in [1.82, 2.24) is 5.32 Å². The number of carbonyl (C=O) groups is 2. The molecule has 21 heavy (non-hydrogen) atoms. The van der Waals surface area contributed by atoms with Gasteiger partial charge in [-0.15, -0.1) is 0 Å². The molecule has 1 amide bonds. The van der Waals surface area contributed by atoms with E-state index < -0.39 is 5.97 Å². The summed E-state index contributed by atoms with van der Waals surface area (Å²) in [7, 11) is 0. The molecule has 0 saturated carbocycles. The first kappa shape index (κ1) is 17.0. The van der Waals surface area contributed by atoms with Crippen LogP contribution in [0.15, 0.2) is 30.9 Å². The number of halogens is 1. The van der Waals surface area contributed by atoms with Crippen LogP contribution in [0.2, 0.25) is 5.02 Å². The van der Waals surface area contributed by atoms with Crippen molar-refractivity contribution in [3.8, 4) is 5.75 Å². The molecule has 0 spiro atoms. The van der Waals surface area contributed by atoms with Gasteiger partial charge in [0.1, 0.15) is 18.9 Å². The molecular formula is C15H18ClNO4. The van der Waals surface area contributed by atoms with Crippen LogP contribution in [0.4, 0.5) is 0 Å². The van der Waals surface area contributed by atoms with Crippen LogP contribution in [0.1, 0.15) is 12.5 Å². The van der Waals surface area contributed by atoms with Crippen LogP contribution in [0, 0.1) is 0 Å². The molecule has 1 aromatic carbocycles. The van der Waals surface area contributed by atoms with Crippen LogP contribution in [0.25, 0.3) is 0 Å². The molecule has 0 aliphatic rings. The molecule has 114 valence electrons. The van der Waals surface area contributed by atoms with Gasteiger partial charge in [-0.3, -0.25) is 9.59 Å². The topological polar surface area (TPSA) is 64.6 Å². The van der Waals surface area contributed by atoms with E-state index in [-0.39, 0.29) is 25.5 Å². The van der Waals surface area contributed by atoms with E-state index in [1.54, 1.807) is 31.2 Å². The molecule has 0 aliphatic carbocycles. The summed E-state index contributed by atoms with van der Waals surface area (Å²) in [6.07, 6.45) is 1.74. The molecule has 1 N–H and O–H groups in total. The second-order valence-electron chi connectivity index (χ2n) is 4.12. The van der Waals surface area contributed by atoms with E-state index >= 15 is 0 Å². The zero-order valence-corrected chi connectivity index (χ0v) is 12.6. The molecule has 0 aromatic heterocycles. The van der Waals surface area contributed by atoms with Gasteiger partial charge in [-0.05, 0) is 24.6 Å². The number of benzene rings is 1. The van der Waals surface area contributed by atoms with Crippen LogP contribution in [0.5, 0.6) is 5.75 Å². The first-order valence-electron chi connectivity index (χ1n) is 6.51. The van der Waals surface area contributed by atoms with Gasteiger partial charge in [0.05, 0.1) is 18.1 Å². The van der Waals surface area contributed by atoms with Crippen molar-refractivity contribution in [1.29, 1.82) is 0 Å². The summed E-state index contributed by atoms with van der Waals surface area (Å²) in [6, 6.07) is 5.10. The minimum Gasteiger partial charge on any atom is -0.488 e. The first-order valence-corrected chi connectivity index (χ1v) is 6.89. The molecule has 0 bridgehead atoms. The Bertz CT molecular complexity index is 516. The number of hydrogen-bond donors (Lipinski definition) is 1. The van der Waals surface area contributed by atoms with Crippen molar-refractivity contribution >= 4 is 23.5 Å². The predicted octanol–water partition coefficient (Wildman–Crippen LogP) is 2.13. The van der Waals surface area contributed by atoms with Crippen molar-refractivity contribution in [3.05, 3.63) is 41.4 Å². The van der Waals surface area contributed by atoms with E-state index in [0.29, 0.717) is 17.4 Å². The quantitative estimate of drug-likeness (QED) is 0.590. The second-order valence-corrected chi connectivity index (χ2v) is 4.53. The van der Waals surface area contributed by atoms with E-state index in [1.807, 2.05) is 0 Å². The summed E-state index contributed by atoms with van der Waals surface area (Å²) in [5.74, 6) is -0.205. The smallest absolute Gasteiger partial charge is 0.325 e. The largest absolute Gasteiger partial charge is 0.488 e. The number of rotatable bonds is 8. The zero-order valence-electron chi connectivity index (χ0n) is 11.9. The number of esters is 1. The van der Waals surface area contributed by atoms with Crippen molar-refractivity contribution in [2.75, 3.05) is 19.8 Å². The summed E-state index contributed by atoms with van der Waals surface area (Å²) < 4.78 is 10.1. The lowest BCUT2D eigenvalue weighted by Gasteiger charge is -2.08. The van der Waals surface area contributed by atoms with Gasteiger partial charge in [0.25, 0.3) is 0 Å². The highest BCUT2D eigenvalue weighted by Crippen LogP contribution is 2.25. The van der Waals surface area contributed by atoms with Gasteiger partial charge in [-0.1, -0.05) is 30.3 Å². The monoisotopic (exact) mass is 311 g/mol. The van der Waals surface area contributed by atoms with E-state index in [0.717, 1.165) is 5.56 Å². The van der Waals surface area contributed by atoms with Gasteiger partial charge in [-0.25, -0.2) is 0 Å². The van der Waals surface area contributed by atoms with E-state index in [9.17, 15) is 9.59 Å². The van der Waals surface area contributed by atoms with Crippen molar-refractivity contribution < 1.29 is 19.1 Å². The minimum absolute atomic E-state index is 0.126. The molecule has 0 aliphatic heterocycles. The van der Waals surface area contributed by atoms with Gasteiger partial charge in [0.2, 0.25) is 5.91 Å². The lowest BCUT2D eigenvalue weighted by molar-refractivity contribution is -0.143. The molecule has 1 aromatic rings. The van der Waals surface area contributed by atoms with Crippen LogP contribution in [-0.2, 0) is 20.7 Å². The minimum atomic E-state index is -0.461. The van der Waals surface area contributed by atoms with E-state index in [4.69, 9.17) is 21.1 Å². The van der Waals surface area contributed by atoms with Gasteiger partial charge >= 0.3 is 5.97 Å². The number of nitrogens with one attached hydrogen (secondary N) is 1. The van der Waals surface area contributed by atoms with Gasteiger partial charge in [0.15, 0.2) is 0 Å². The Morgan fingerprint density at radius 2 is 2.19 bits per heavy atom. The lowest BCUT2D eigenvalue weighted by atomic mass is 10.1. The molecular weight excluding hydrogens is 294 g/mol. The van der Waals surface area contributed by atoms with Gasteiger partial charge < -0.3 is 14.8 Å². The average Bonchev–Trinajstić information content (AvgIpc) is 2.45. The number of ether oxygens (including phenoxy) is 2. The maximum atomic E-state index is 11.7. The Morgan fingerprint density at radius 3 is 2.81 bits per heavy atom. The third-order valence-corrected chi connectivity index (χ3v) is 2.75. The van der Waals surface area contributed by atoms with Gasteiger partial charge in [-0.2, -0.15) is 0 Å². The Morgan fingerprint density at radius 1 is 1.43 bits per heavy atom. The predicted molar refractivity (Wildman–Crippen MR) is 80.5 cm³/mol. The Labute approximate surface area is 128 Å². The average molecular weight is 312 g/mol.